The Morgan fingerprint density at radius 2 is 1.00 bits per heavy atom. The van der Waals surface area contributed by atoms with Crippen LogP contribution in [0.3, 0.4) is 0 Å². The van der Waals surface area contributed by atoms with E-state index in [-0.39, 0.29) is 26.1 Å². The van der Waals surface area contributed by atoms with E-state index in [2.05, 4.69) is 111 Å². The summed E-state index contributed by atoms with van der Waals surface area (Å²) in [6.07, 6.45) is 38.5. The number of hydrogen-bond donors (Lipinski definition) is 4. The normalized spacial score (nSPS) is 21.6. The second-order valence-corrected chi connectivity index (χ2v) is 13.3. The smallest absolute Gasteiger partial charge is 0.306 e. The number of esters is 2. The van der Waals surface area contributed by atoms with Crippen LogP contribution in [0.15, 0.2) is 97.2 Å². The van der Waals surface area contributed by atoms with Gasteiger partial charge in [-0.1, -0.05) is 111 Å². The third kappa shape index (κ3) is 27.0. The first-order valence-electron chi connectivity index (χ1n) is 20.3. The molecule has 1 fully saturated rings. The van der Waals surface area contributed by atoms with Crippen LogP contribution < -0.4 is 0 Å². The van der Waals surface area contributed by atoms with Crippen molar-refractivity contribution in [3.63, 3.8) is 0 Å². The summed E-state index contributed by atoms with van der Waals surface area (Å²) < 4.78 is 22.0. The molecule has 4 N–H and O–H groups in total. The number of rotatable bonds is 31. The molecule has 0 bridgehead atoms. The molecule has 1 aliphatic heterocycles. The molecule has 1 heterocycles. The Bertz CT molecular complexity index is 1210. The van der Waals surface area contributed by atoms with Crippen LogP contribution in [-0.2, 0) is 28.5 Å². The summed E-state index contributed by atoms with van der Waals surface area (Å²) in [7, 11) is 0. The summed E-state index contributed by atoms with van der Waals surface area (Å²) in [5.74, 6) is -0.918. The highest BCUT2D eigenvalue weighted by Gasteiger charge is 2.44. The molecule has 0 aromatic rings. The number of aliphatic hydroxyl groups excluding tert-OH is 4. The van der Waals surface area contributed by atoms with E-state index < -0.39 is 55.4 Å². The lowest BCUT2D eigenvalue weighted by Gasteiger charge is -2.39. The van der Waals surface area contributed by atoms with Gasteiger partial charge in [-0.05, 0) is 89.9 Å². The molecule has 0 saturated carbocycles. The van der Waals surface area contributed by atoms with Crippen LogP contribution in [0.5, 0.6) is 0 Å². The van der Waals surface area contributed by atoms with Gasteiger partial charge in [-0.2, -0.15) is 0 Å². The van der Waals surface area contributed by atoms with Crippen LogP contribution in [-0.4, -0.2) is 89.0 Å². The van der Waals surface area contributed by atoms with Crippen LogP contribution in [0, 0.1) is 0 Å². The lowest BCUT2D eigenvalue weighted by atomic mass is 9.99. The predicted octanol–water partition coefficient (Wildman–Crippen LogP) is 7.99. The third-order valence-corrected chi connectivity index (χ3v) is 8.46. The molecule has 1 unspecified atom stereocenters. The van der Waals surface area contributed by atoms with Crippen molar-refractivity contribution < 1.29 is 49.0 Å². The molecule has 0 aliphatic carbocycles. The van der Waals surface area contributed by atoms with Crippen LogP contribution >= 0.6 is 0 Å². The van der Waals surface area contributed by atoms with Gasteiger partial charge in [0.25, 0.3) is 0 Å². The summed E-state index contributed by atoms with van der Waals surface area (Å²) in [6.45, 7) is 3.07. The first-order valence-corrected chi connectivity index (χ1v) is 20.3. The van der Waals surface area contributed by atoms with E-state index in [4.69, 9.17) is 18.9 Å². The second-order valence-electron chi connectivity index (χ2n) is 13.3. The Hall–Kier alpha value is -3.38. The summed E-state index contributed by atoms with van der Waals surface area (Å²) in [5, 5.41) is 40.0. The molecule has 1 rings (SSSR count). The number of aliphatic hydroxyl groups is 4. The molecule has 1 saturated heterocycles. The quantitative estimate of drug-likeness (QED) is 0.0310. The van der Waals surface area contributed by atoms with E-state index in [0.717, 1.165) is 77.0 Å². The largest absolute Gasteiger partial charge is 0.462 e. The number of hydrogen-bond acceptors (Lipinski definition) is 10. The predicted molar refractivity (Wildman–Crippen MR) is 219 cm³/mol. The zero-order chi connectivity index (χ0) is 40.2. The van der Waals surface area contributed by atoms with E-state index in [1.165, 1.54) is 0 Å². The van der Waals surface area contributed by atoms with Crippen LogP contribution in [0.1, 0.15) is 117 Å². The number of ether oxygens (including phenoxy) is 4. The average Bonchev–Trinajstić information content (AvgIpc) is 3.18. The molecule has 1 aliphatic rings. The summed E-state index contributed by atoms with van der Waals surface area (Å²) in [4.78, 5) is 25.2. The maximum absolute atomic E-state index is 12.7. The second kappa shape index (κ2) is 35.1. The van der Waals surface area contributed by atoms with E-state index >= 15 is 0 Å². The zero-order valence-corrected chi connectivity index (χ0v) is 33.4. The molecule has 55 heavy (non-hydrogen) atoms. The van der Waals surface area contributed by atoms with Gasteiger partial charge in [0.1, 0.15) is 31.0 Å². The lowest BCUT2D eigenvalue weighted by molar-refractivity contribution is -0.305. The number of carbonyl (C=O) groups excluding carboxylic acids is 2. The minimum Gasteiger partial charge on any atom is -0.462 e. The van der Waals surface area contributed by atoms with Gasteiger partial charge in [0.2, 0.25) is 0 Å². The molecule has 0 spiro atoms. The summed E-state index contributed by atoms with van der Waals surface area (Å²) >= 11 is 0. The van der Waals surface area contributed by atoms with Gasteiger partial charge in [0, 0.05) is 12.8 Å². The van der Waals surface area contributed by atoms with E-state index in [1.54, 1.807) is 0 Å². The topological polar surface area (TPSA) is 152 Å². The van der Waals surface area contributed by atoms with E-state index in [9.17, 15) is 30.0 Å². The lowest BCUT2D eigenvalue weighted by Crippen LogP contribution is -2.59. The van der Waals surface area contributed by atoms with Gasteiger partial charge in [-0.3, -0.25) is 9.59 Å². The standard InChI is InChI=1S/C45H70O10/c1-3-5-7-9-11-13-15-17-19-21-23-25-27-29-31-33-40(47)52-36-38(37-53-45-44(51)43(50)42(49)39(35-46)55-45)54-41(48)34-32-30-28-26-24-22-20-18-16-14-12-10-8-6-4-2/h5-8,11-14,17-20,23-26,38-39,42-46,49-51H,3-4,9-10,15-16,21-22,27-37H2,1-2H3/b7-5+,8-6+,13-11+,14-12+,19-17+,20-18+,25-23+,26-24-/t38?,39-,42+,43+,44-,45-/m1/s1. The van der Waals surface area contributed by atoms with Crippen LogP contribution in [0.25, 0.3) is 0 Å². The van der Waals surface area contributed by atoms with Crippen molar-refractivity contribution in [1.29, 1.82) is 0 Å². The fourth-order valence-electron chi connectivity index (χ4n) is 5.28. The number of allylic oxidation sites excluding steroid dienone is 16. The van der Waals surface area contributed by atoms with E-state index in [0.29, 0.717) is 12.8 Å². The van der Waals surface area contributed by atoms with Crippen molar-refractivity contribution in [2.45, 2.75) is 153 Å². The molecule has 310 valence electrons. The fraction of sp³-hybridized carbons (Fsp3) is 0.600. The van der Waals surface area contributed by atoms with Gasteiger partial charge in [0.05, 0.1) is 13.2 Å². The molecule has 0 aromatic carbocycles. The molecule has 0 amide bonds. The van der Waals surface area contributed by atoms with Crippen molar-refractivity contribution in [3.05, 3.63) is 97.2 Å². The minimum atomic E-state index is -1.61. The Balaban J connectivity index is 2.46. The summed E-state index contributed by atoms with van der Waals surface area (Å²) in [5.41, 5.74) is 0. The molecule has 0 radical (unpaired) electrons. The first-order chi connectivity index (χ1) is 26.8. The van der Waals surface area contributed by atoms with E-state index in [1.807, 2.05) is 0 Å². The average molecular weight is 771 g/mol. The van der Waals surface area contributed by atoms with Gasteiger partial charge < -0.3 is 39.4 Å². The van der Waals surface area contributed by atoms with Gasteiger partial charge in [-0.25, -0.2) is 0 Å². The Morgan fingerprint density at radius 1 is 0.564 bits per heavy atom. The minimum absolute atomic E-state index is 0.162. The fourth-order valence-corrected chi connectivity index (χ4v) is 5.28. The van der Waals surface area contributed by atoms with Crippen LogP contribution in [0.4, 0.5) is 0 Å². The monoisotopic (exact) mass is 770 g/mol. The highest BCUT2D eigenvalue weighted by molar-refractivity contribution is 5.70. The Morgan fingerprint density at radius 3 is 1.45 bits per heavy atom. The van der Waals surface area contributed by atoms with Crippen molar-refractivity contribution in [3.8, 4) is 0 Å². The molecule has 10 nitrogen and oxygen atoms in total. The van der Waals surface area contributed by atoms with Gasteiger partial charge in [-0.15, -0.1) is 0 Å². The molecule has 6 atom stereocenters. The molecule has 0 aromatic heterocycles. The van der Waals surface area contributed by atoms with Crippen molar-refractivity contribution in [1.82, 2.24) is 0 Å². The third-order valence-electron chi connectivity index (χ3n) is 8.46. The van der Waals surface area contributed by atoms with Crippen LogP contribution in [0.2, 0.25) is 0 Å². The SMILES string of the molecule is CC/C=C/C/C=C/C/C=C/C/C=C\CCCCC(=O)OC(COC(=O)CCCC/C=C/C/C=C/C/C=C/C/C=C/CC)CO[C@@H]1O[C@H](CO)[C@H](O)[C@H](O)[C@H]1O. The van der Waals surface area contributed by atoms with Crippen molar-refractivity contribution in [2.75, 3.05) is 19.8 Å². The zero-order valence-electron chi connectivity index (χ0n) is 33.4. The van der Waals surface area contributed by atoms with Crippen molar-refractivity contribution >= 4 is 11.9 Å². The van der Waals surface area contributed by atoms with Gasteiger partial charge in [0.15, 0.2) is 12.4 Å². The maximum atomic E-state index is 12.7. The Labute approximate surface area is 330 Å². The van der Waals surface area contributed by atoms with Crippen molar-refractivity contribution in [2.24, 2.45) is 0 Å². The molecule has 10 heteroatoms. The molecular weight excluding hydrogens is 700 g/mol. The Kier molecular flexibility index (Phi) is 31.6. The highest BCUT2D eigenvalue weighted by Crippen LogP contribution is 2.22. The first kappa shape index (κ1) is 49.6. The van der Waals surface area contributed by atoms with Gasteiger partial charge >= 0.3 is 11.9 Å². The molecular formula is C45H70O10. The number of unbranched alkanes of at least 4 members (excludes halogenated alkanes) is 4. The number of carbonyl (C=O) groups is 2. The maximum Gasteiger partial charge on any atom is 0.306 e. The highest BCUT2D eigenvalue weighted by atomic mass is 16.7. The summed E-state index contributed by atoms with van der Waals surface area (Å²) in [6, 6.07) is 0.